The summed E-state index contributed by atoms with van der Waals surface area (Å²) in [5.74, 6) is 0.170. The molecule has 0 spiro atoms. The second-order valence-corrected chi connectivity index (χ2v) is 10.2. The van der Waals surface area contributed by atoms with Crippen molar-refractivity contribution in [2.45, 2.75) is 51.0 Å². The lowest BCUT2D eigenvalue weighted by molar-refractivity contribution is 0.0651. The van der Waals surface area contributed by atoms with E-state index in [4.69, 9.17) is 22.1 Å². The summed E-state index contributed by atoms with van der Waals surface area (Å²) in [7, 11) is 1.51. The lowest BCUT2D eigenvalue weighted by atomic mass is 9.86. The second-order valence-electron chi connectivity index (χ2n) is 9.75. The van der Waals surface area contributed by atoms with Crippen molar-refractivity contribution in [3.05, 3.63) is 58.1 Å². The lowest BCUT2D eigenvalue weighted by Crippen LogP contribution is -2.44. The molecule has 0 radical (unpaired) electrons. The fourth-order valence-electron chi connectivity index (χ4n) is 5.26. The van der Waals surface area contributed by atoms with Crippen molar-refractivity contribution in [1.29, 1.82) is 0 Å². The fraction of sp³-hybridized carbons (Fsp3) is 0.464. The number of nitrogens with two attached hydrogens (primary N) is 1. The van der Waals surface area contributed by atoms with Gasteiger partial charge in [0.25, 0.3) is 17.7 Å². The number of nitrogens with one attached hydrogen (secondary N) is 2. The average molecular weight is 527 g/mol. The van der Waals surface area contributed by atoms with Crippen LogP contribution in [0.3, 0.4) is 0 Å². The maximum atomic E-state index is 13.2. The van der Waals surface area contributed by atoms with Gasteiger partial charge in [-0.15, -0.1) is 0 Å². The molecule has 198 valence electrons. The lowest BCUT2D eigenvalue weighted by Gasteiger charge is -2.31. The molecule has 1 saturated heterocycles. The van der Waals surface area contributed by atoms with Crippen LogP contribution in [-0.2, 0) is 0 Å². The third-order valence-electron chi connectivity index (χ3n) is 7.36. The second kappa shape index (κ2) is 12.4. The third kappa shape index (κ3) is 6.25. The largest absolute Gasteiger partial charge is 0.496 e. The molecule has 37 heavy (non-hydrogen) atoms. The van der Waals surface area contributed by atoms with E-state index in [-0.39, 0.29) is 23.8 Å². The Morgan fingerprint density at radius 3 is 2.41 bits per heavy atom. The number of unbranched alkanes of at least 4 members (excludes halogenated alkanes) is 3. The van der Waals surface area contributed by atoms with E-state index in [2.05, 4.69) is 10.6 Å². The molecule has 1 unspecified atom stereocenters. The molecule has 9 heteroatoms. The van der Waals surface area contributed by atoms with Crippen LogP contribution in [0.1, 0.15) is 76.0 Å². The first-order valence-corrected chi connectivity index (χ1v) is 13.4. The van der Waals surface area contributed by atoms with Crippen molar-refractivity contribution in [2.75, 3.05) is 32.5 Å². The van der Waals surface area contributed by atoms with Gasteiger partial charge in [0.15, 0.2) is 0 Å². The van der Waals surface area contributed by atoms with E-state index in [1.54, 1.807) is 36.4 Å². The van der Waals surface area contributed by atoms with Crippen LogP contribution in [-0.4, -0.2) is 55.4 Å². The van der Waals surface area contributed by atoms with Gasteiger partial charge in [-0.2, -0.15) is 0 Å². The number of hydrogen-bond acceptors (Lipinski definition) is 6. The van der Waals surface area contributed by atoms with Gasteiger partial charge in [0, 0.05) is 18.7 Å². The maximum absolute atomic E-state index is 13.2. The number of imide groups is 1. The molecule has 8 nitrogen and oxygen atoms in total. The molecule has 2 heterocycles. The zero-order chi connectivity index (χ0) is 26.4. The smallest absolute Gasteiger partial charge is 0.261 e. The van der Waals surface area contributed by atoms with Crippen LogP contribution in [0.2, 0.25) is 5.02 Å². The number of hydrogen-bond donors (Lipinski definition) is 3. The predicted molar refractivity (Wildman–Crippen MR) is 144 cm³/mol. The normalized spacial score (nSPS) is 16.5. The van der Waals surface area contributed by atoms with Crippen molar-refractivity contribution in [1.82, 2.24) is 15.5 Å². The molecule has 2 aliphatic heterocycles. The molecule has 4 rings (SSSR count). The molecule has 2 aromatic rings. The summed E-state index contributed by atoms with van der Waals surface area (Å²) in [5.41, 5.74) is 7.60. The molecular weight excluding hydrogens is 492 g/mol. The Hall–Kier alpha value is -3.10. The highest BCUT2D eigenvalue weighted by atomic mass is 35.5. The number of halogens is 1. The zero-order valence-corrected chi connectivity index (χ0v) is 22.0. The number of benzene rings is 2. The molecule has 4 N–H and O–H groups in total. The number of nitrogen functional groups attached to an aromatic ring is 1. The molecule has 1 fully saturated rings. The fourth-order valence-corrected chi connectivity index (χ4v) is 5.43. The highest BCUT2D eigenvalue weighted by Gasteiger charge is 2.34. The summed E-state index contributed by atoms with van der Waals surface area (Å²) in [6, 6.07) is 10.1. The monoisotopic (exact) mass is 526 g/mol. The number of ether oxygens (including phenoxy) is 1. The van der Waals surface area contributed by atoms with Crippen LogP contribution in [0.5, 0.6) is 5.75 Å². The topological polar surface area (TPSA) is 114 Å². The molecule has 0 aromatic heterocycles. The van der Waals surface area contributed by atoms with Crippen molar-refractivity contribution in [3.63, 3.8) is 0 Å². The zero-order valence-electron chi connectivity index (χ0n) is 21.2. The van der Waals surface area contributed by atoms with Gasteiger partial charge in [0.1, 0.15) is 5.75 Å². The first kappa shape index (κ1) is 26.9. The summed E-state index contributed by atoms with van der Waals surface area (Å²) < 4.78 is 5.37. The summed E-state index contributed by atoms with van der Waals surface area (Å²) in [6.07, 6.45) is 6.43. The summed E-state index contributed by atoms with van der Waals surface area (Å²) in [5, 5.41) is 6.95. The number of carbonyl (C=O) groups is 3. The number of rotatable bonds is 11. The van der Waals surface area contributed by atoms with E-state index >= 15 is 0 Å². The van der Waals surface area contributed by atoms with E-state index < -0.39 is 0 Å². The van der Waals surface area contributed by atoms with Gasteiger partial charge in [-0.05, 0) is 62.9 Å². The minimum atomic E-state index is -0.215. The van der Waals surface area contributed by atoms with E-state index in [1.807, 2.05) is 0 Å². The highest BCUT2D eigenvalue weighted by Crippen LogP contribution is 2.30. The van der Waals surface area contributed by atoms with Gasteiger partial charge in [0.05, 0.1) is 34.5 Å². The number of methoxy groups -OCH3 is 1. The number of piperidine rings is 1. The van der Waals surface area contributed by atoms with Gasteiger partial charge >= 0.3 is 0 Å². The van der Waals surface area contributed by atoms with Crippen molar-refractivity contribution in [3.8, 4) is 5.75 Å². The number of amides is 3. The Morgan fingerprint density at radius 1 is 1.11 bits per heavy atom. The molecule has 0 aliphatic carbocycles. The highest BCUT2D eigenvalue weighted by molar-refractivity contribution is 6.33. The first-order chi connectivity index (χ1) is 17.9. The average Bonchev–Trinajstić information content (AvgIpc) is 3.16. The standard InChI is InChI=1S/C28H35ClN4O4/c1-37-25-17-23(30)22(29)16-21(25)26(34)32-24(18-11-13-31-14-12-18)10-4-2-3-7-15-33-27(35)19-8-5-6-9-20(19)28(33)36/h5-6,8-9,16-18,24,31H,2-4,7,10-15,30H2,1H3,(H,32,34). The summed E-state index contributed by atoms with van der Waals surface area (Å²) >= 11 is 6.18. The Kier molecular flexibility index (Phi) is 9.05. The minimum absolute atomic E-state index is 0.0341. The van der Waals surface area contributed by atoms with Crippen LogP contribution in [0, 0.1) is 5.92 Å². The number of nitrogens with zero attached hydrogens (tertiary/aromatic N) is 1. The van der Waals surface area contributed by atoms with E-state index in [0.717, 1.165) is 58.0 Å². The quantitative estimate of drug-likeness (QED) is 0.229. The van der Waals surface area contributed by atoms with Crippen LogP contribution >= 0.6 is 11.6 Å². The van der Waals surface area contributed by atoms with E-state index in [1.165, 1.54) is 12.0 Å². The third-order valence-corrected chi connectivity index (χ3v) is 7.69. The first-order valence-electron chi connectivity index (χ1n) is 13.0. The van der Waals surface area contributed by atoms with Gasteiger partial charge < -0.3 is 21.1 Å². The van der Waals surface area contributed by atoms with Crippen molar-refractivity contribution in [2.24, 2.45) is 5.92 Å². The molecule has 2 aromatic carbocycles. The molecule has 2 aliphatic rings. The Balaban J connectivity index is 1.29. The number of anilines is 1. The molecular formula is C28H35ClN4O4. The maximum Gasteiger partial charge on any atom is 0.261 e. The summed E-state index contributed by atoms with van der Waals surface area (Å²) in [4.78, 5) is 39.6. The SMILES string of the molecule is COc1cc(N)c(Cl)cc1C(=O)NC(CCCCCCN1C(=O)c2ccccc2C1=O)C1CCNCC1. The van der Waals surface area contributed by atoms with Crippen LogP contribution in [0.4, 0.5) is 5.69 Å². The summed E-state index contributed by atoms with van der Waals surface area (Å²) in [6.45, 7) is 2.31. The van der Waals surface area contributed by atoms with E-state index in [9.17, 15) is 14.4 Å². The number of fused-ring (bicyclic) bond motifs is 1. The van der Waals surface area contributed by atoms with Crippen LogP contribution in [0.15, 0.2) is 36.4 Å². The minimum Gasteiger partial charge on any atom is -0.496 e. The van der Waals surface area contributed by atoms with Gasteiger partial charge in [-0.1, -0.05) is 43.0 Å². The van der Waals surface area contributed by atoms with Crippen LogP contribution < -0.4 is 21.1 Å². The molecule has 0 saturated carbocycles. The Morgan fingerprint density at radius 2 is 1.76 bits per heavy atom. The van der Waals surface area contributed by atoms with Gasteiger partial charge in [-0.3, -0.25) is 19.3 Å². The molecule has 0 bridgehead atoms. The molecule has 1 atom stereocenters. The van der Waals surface area contributed by atoms with Gasteiger partial charge in [0.2, 0.25) is 0 Å². The Bertz CT molecular complexity index is 1110. The van der Waals surface area contributed by atoms with Crippen LogP contribution in [0.25, 0.3) is 0 Å². The molecule has 3 amide bonds. The van der Waals surface area contributed by atoms with E-state index in [0.29, 0.717) is 45.6 Å². The number of carbonyl (C=O) groups excluding carboxylic acids is 3. The van der Waals surface area contributed by atoms with Crippen molar-refractivity contribution >= 4 is 35.0 Å². The van der Waals surface area contributed by atoms with Gasteiger partial charge in [-0.25, -0.2) is 0 Å². The predicted octanol–water partition coefficient (Wildman–Crippen LogP) is 4.28. The Labute approximate surface area is 222 Å². The van der Waals surface area contributed by atoms with Crippen molar-refractivity contribution < 1.29 is 19.1 Å².